The van der Waals surface area contributed by atoms with Gasteiger partial charge in [-0.2, -0.15) is 0 Å². The van der Waals surface area contributed by atoms with Crippen molar-refractivity contribution in [2.24, 2.45) is 0 Å². The molecular formula is C22H21N3O3S. The third-order valence-corrected chi connectivity index (χ3v) is 4.62. The summed E-state index contributed by atoms with van der Waals surface area (Å²) in [6.45, 7) is 2.40. The summed E-state index contributed by atoms with van der Waals surface area (Å²) in [5.74, 6) is 0.147. The maximum Gasteiger partial charge on any atom is 0.250 e. The van der Waals surface area contributed by atoms with Crippen molar-refractivity contribution in [2.75, 3.05) is 17.2 Å². The Balaban J connectivity index is 1.54. The van der Waals surface area contributed by atoms with Crippen LogP contribution in [0.2, 0.25) is 0 Å². The van der Waals surface area contributed by atoms with E-state index in [1.54, 1.807) is 23.6 Å². The number of carbonyl (C=O) groups is 2. The van der Waals surface area contributed by atoms with E-state index < -0.39 is 0 Å². The SMILES string of the molecule is CCOc1ccccc1NC(=O)Cc1csc(NC(=O)/C=C/c2ccccc2)n1. The van der Waals surface area contributed by atoms with Crippen LogP contribution in [0.15, 0.2) is 66.1 Å². The van der Waals surface area contributed by atoms with Crippen molar-refractivity contribution in [3.63, 3.8) is 0 Å². The highest BCUT2D eigenvalue weighted by molar-refractivity contribution is 7.14. The van der Waals surface area contributed by atoms with Crippen molar-refractivity contribution in [1.29, 1.82) is 0 Å². The summed E-state index contributed by atoms with van der Waals surface area (Å²) >= 11 is 1.28. The predicted molar refractivity (Wildman–Crippen MR) is 116 cm³/mol. The number of hydrogen-bond donors (Lipinski definition) is 2. The first-order chi connectivity index (χ1) is 14.1. The van der Waals surface area contributed by atoms with E-state index in [9.17, 15) is 9.59 Å². The van der Waals surface area contributed by atoms with Crippen LogP contribution in [-0.2, 0) is 16.0 Å². The monoisotopic (exact) mass is 407 g/mol. The molecule has 1 aromatic heterocycles. The molecule has 3 aromatic rings. The highest BCUT2D eigenvalue weighted by atomic mass is 32.1. The van der Waals surface area contributed by atoms with Crippen LogP contribution >= 0.6 is 11.3 Å². The van der Waals surface area contributed by atoms with Crippen LogP contribution in [0.1, 0.15) is 18.2 Å². The molecule has 1 heterocycles. The van der Waals surface area contributed by atoms with Crippen LogP contribution in [0, 0.1) is 0 Å². The Kier molecular flexibility index (Phi) is 7.13. The van der Waals surface area contributed by atoms with E-state index in [0.29, 0.717) is 28.9 Å². The minimum absolute atomic E-state index is 0.104. The third-order valence-electron chi connectivity index (χ3n) is 3.81. The van der Waals surface area contributed by atoms with E-state index in [2.05, 4.69) is 15.6 Å². The summed E-state index contributed by atoms with van der Waals surface area (Å²) < 4.78 is 5.51. The zero-order valence-corrected chi connectivity index (χ0v) is 16.7. The molecule has 0 fully saturated rings. The molecule has 6 nitrogen and oxygen atoms in total. The number of para-hydroxylation sites is 2. The summed E-state index contributed by atoms with van der Waals surface area (Å²) in [6, 6.07) is 16.8. The Morgan fingerprint density at radius 1 is 1.07 bits per heavy atom. The Morgan fingerprint density at radius 3 is 2.62 bits per heavy atom. The topological polar surface area (TPSA) is 80.3 Å². The van der Waals surface area contributed by atoms with Gasteiger partial charge in [0.2, 0.25) is 11.8 Å². The summed E-state index contributed by atoms with van der Waals surface area (Å²) in [6.07, 6.45) is 3.29. The maximum atomic E-state index is 12.3. The molecule has 0 saturated carbocycles. The fraction of sp³-hybridized carbons (Fsp3) is 0.136. The zero-order valence-electron chi connectivity index (χ0n) is 15.9. The summed E-state index contributed by atoms with van der Waals surface area (Å²) in [5, 5.41) is 7.75. The molecule has 2 aromatic carbocycles. The average molecular weight is 407 g/mol. The average Bonchev–Trinajstić information content (AvgIpc) is 3.15. The fourth-order valence-corrected chi connectivity index (χ4v) is 3.25. The minimum Gasteiger partial charge on any atom is -0.492 e. The predicted octanol–water partition coefficient (Wildman–Crippen LogP) is 4.37. The van der Waals surface area contributed by atoms with Crippen molar-refractivity contribution in [2.45, 2.75) is 13.3 Å². The van der Waals surface area contributed by atoms with Crippen LogP contribution in [-0.4, -0.2) is 23.4 Å². The molecule has 0 unspecified atom stereocenters. The lowest BCUT2D eigenvalue weighted by atomic mass is 10.2. The molecule has 0 bridgehead atoms. The summed E-state index contributed by atoms with van der Waals surface area (Å²) in [4.78, 5) is 28.7. The quantitative estimate of drug-likeness (QED) is 0.543. The standard InChI is InChI=1S/C22H21N3O3S/c1-2-28-19-11-7-6-10-18(19)24-21(27)14-17-15-29-22(23-17)25-20(26)13-12-16-8-4-3-5-9-16/h3-13,15H,2,14H2,1H3,(H,24,27)(H,23,25,26)/b13-12+. The number of nitrogens with zero attached hydrogens (tertiary/aromatic N) is 1. The van der Waals surface area contributed by atoms with Crippen molar-refractivity contribution in [3.05, 3.63) is 77.3 Å². The van der Waals surface area contributed by atoms with E-state index in [1.807, 2.05) is 49.4 Å². The molecule has 148 valence electrons. The molecule has 2 N–H and O–H groups in total. The van der Waals surface area contributed by atoms with Gasteiger partial charge in [-0.15, -0.1) is 11.3 Å². The lowest BCUT2D eigenvalue weighted by Crippen LogP contribution is -2.15. The molecule has 0 aliphatic carbocycles. The van der Waals surface area contributed by atoms with Gasteiger partial charge in [0.25, 0.3) is 0 Å². The Bertz CT molecular complexity index is 999. The molecular weight excluding hydrogens is 386 g/mol. The highest BCUT2D eigenvalue weighted by Gasteiger charge is 2.11. The number of aromatic nitrogens is 1. The van der Waals surface area contributed by atoms with Gasteiger partial charge in [-0.1, -0.05) is 42.5 Å². The van der Waals surface area contributed by atoms with Crippen molar-refractivity contribution in [3.8, 4) is 5.75 Å². The van der Waals surface area contributed by atoms with Gasteiger partial charge in [0.1, 0.15) is 5.75 Å². The second-order valence-electron chi connectivity index (χ2n) is 6.03. The first-order valence-corrected chi connectivity index (χ1v) is 10.0. The maximum absolute atomic E-state index is 12.3. The van der Waals surface area contributed by atoms with Gasteiger partial charge < -0.3 is 10.1 Å². The number of thiazole rings is 1. The number of nitrogens with one attached hydrogen (secondary N) is 2. The number of carbonyl (C=O) groups excluding carboxylic acids is 2. The Labute approximate surface area is 173 Å². The van der Waals surface area contributed by atoms with Crippen LogP contribution in [0.25, 0.3) is 6.08 Å². The molecule has 29 heavy (non-hydrogen) atoms. The Morgan fingerprint density at radius 2 is 1.83 bits per heavy atom. The molecule has 0 aliphatic heterocycles. The zero-order chi connectivity index (χ0) is 20.5. The van der Waals surface area contributed by atoms with Gasteiger partial charge in [-0.25, -0.2) is 4.98 Å². The van der Waals surface area contributed by atoms with Crippen molar-refractivity contribution >= 4 is 40.0 Å². The molecule has 0 spiro atoms. The highest BCUT2D eigenvalue weighted by Crippen LogP contribution is 2.24. The molecule has 7 heteroatoms. The number of ether oxygens (including phenoxy) is 1. The molecule has 2 amide bonds. The third kappa shape index (κ3) is 6.29. The van der Waals surface area contributed by atoms with Crippen LogP contribution in [0.3, 0.4) is 0 Å². The summed E-state index contributed by atoms with van der Waals surface area (Å²) in [7, 11) is 0. The first kappa shape index (κ1) is 20.3. The van der Waals surface area contributed by atoms with E-state index in [0.717, 1.165) is 5.56 Å². The van der Waals surface area contributed by atoms with Crippen molar-refractivity contribution in [1.82, 2.24) is 4.98 Å². The van der Waals surface area contributed by atoms with Gasteiger partial charge >= 0.3 is 0 Å². The largest absolute Gasteiger partial charge is 0.492 e. The van der Waals surface area contributed by atoms with Gasteiger partial charge in [0.05, 0.1) is 24.4 Å². The number of benzene rings is 2. The smallest absolute Gasteiger partial charge is 0.250 e. The van der Waals surface area contributed by atoms with Crippen molar-refractivity contribution < 1.29 is 14.3 Å². The lowest BCUT2D eigenvalue weighted by molar-refractivity contribution is -0.115. The van der Waals surface area contributed by atoms with Gasteiger partial charge in [-0.05, 0) is 30.7 Å². The van der Waals surface area contributed by atoms with E-state index in [-0.39, 0.29) is 18.2 Å². The lowest BCUT2D eigenvalue weighted by Gasteiger charge is -2.10. The normalized spacial score (nSPS) is 10.7. The number of amides is 2. The Hall–Kier alpha value is -3.45. The van der Waals surface area contributed by atoms with Crippen LogP contribution in [0.5, 0.6) is 5.75 Å². The number of rotatable bonds is 8. The second kappa shape index (κ2) is 10.2. The van der Waals surface area contributed by atoms with E-state index in [4.69, 9.17) is 4.74 Å². The molecule has 0 saturated heterocycles. The number of hydrogen-bond acceptors (Lipinski definition) is 5. The van der Waals surface area contributed by atoms with E-state index in [1.165, 1.54) is 17.4 Å². The van der Waals surface area contributed by atoms with Gasteiger partial charge in [0, 0.05) is 11.5 Å². The van der Waals surface area contributed by atoms with Gasteiger partial charge in [-0.3, -0.25) is 14.9 Å². The van der Waals surface area contributed by atoms with Crippen LogP contribution in [0.4, 0.5) is 10.8 Å². The number of anilines is 2. The summed E-state index contributed by atoms with van der Waals surface area (Å²) in [5.41, 5.74) is 2.14. The molecule has 0 aliphatic rings. The molecule has 0 atom stereocenters. The van der Waals surface area contributed by atoms with Crippen LogP contribution < -0.4 is 15.4 Å². The second-order valence-corrected chi connectivity index (χ2v) is 6.89. The van der Waals surface area contributed by atoms with E-state index >= 15 is 0 Å². The first-order valence-electron chi connectivity index (χ1n) is 9.14. The fourth-order valence-electron chi connectivity index (χ4n) is 2.54. The minimum atomic E-state index is -0.273. The van der Waals surface area contributed by atoms with Gasteiger partial charge in [0.15, 0.2) is 5.13 Å². The molecule has 3 rings (SSSR count). The molecule has 0 radical (unpaired) electrons.